The summed E-state index contributed by atoms with van der Waals surface area (Å²) in [6, 6.07) is 8.74. The number of sulfone groups is 1. The van der Waals surface area contributed by atoms with Gasteiger partial charge >= 0.3 is 0 Å². The number of hydrogen-bond acceptors (Lipinski definition) is 3. The molecule has 0 spiro atoms. The third-order valence-electron chi connectivity index (χ3n) is 5.11. The minimum absolute atomic E-state index is 0.0336. The van der Waals surface area contributed by atoms with Crippen molar-refractivity contribution in [3.63, 3.8) is 0 Å². The standard InChI is InChI=1S/C21H36O3S/c1-17(2)9-8-10-18(3)13-14-21(19(4)15-16-22)25(23,24)20-11-6-5-7-12-20/h5-7,11-12,17-19,21-22H,8-10,13-16H2,1-4H3/t18-,19+,21?/m1/s1. The third-order valence-corrected chi connectivity index (χ3v) is 7.54. The fraction of sp³-hybridized carbons (Fsp3) is 0.714. The van der Waals surface area contributed by atoms with Crippen LogP contribution in [0.15, 0.2) is 35.2 Å². The summed E-state index contributed by atoms with van der Waals surface area (Å²) in [4.78, 5) is 0.400. The van der Waals surface area contributed by atoms with E-state index in [9.17, 15) is 13.5 Å². The maximum Gasteiger partial charge on any atom is 0.181 e. The molecule has 25 heavy (non-hydrogen) atoms. The molecule has 0 aromatic heterocycles. The number of aliphatic hydroxyl groups is 1. The van der Waals surface area contributed by atoms with E-state index in [2.05, 4.69) is 20.8 Å². The molecule has 0 saturated carbocycles. The van der Waals surface area contributed by atoms with Crippen LogP contribution in [-0.4, -0.2) is 25.4 Å². The highest BCUT2D eigenvalue weighted by molar-refractivity contribution is 7.92. The van der Waals surface area contributed by atoms with Gasteiger partial charge in [0.2, 0.25) is 0 Å². The predicted molar refractivity (Wildman–Crippen MR) is 105 cm³/mol. The SMILES string of the molecule is CC(C)CCC[C@@H](C)CCC([C@@H](C)CCO)S(=O)(=O)c1ccccc1. The summed E-state index contributed by atoms with van der Waals surface area (Å²) in [5.74, 6) is 1.22. The molecule has 0 saturated heterocycles. The summed E-state index contributed by atoms with van der Waals surface area (Å²) >= 11 is 0. The smallest absolute Gasteiger partial charge is 0.181 e. The Morgan fingerprint density at radius 2 is 1.52 bits per heavy atom. The molecule has 1 aromatic rings. The largest absolute Gasteiger partial charge is 0.396 e. The second kappa shape index (κ2) is 11.0. The van der Waals surface area contributed by atoms with E-state index in [0.29, 0.717) is 23.7 Å². The fourth-order valence-corrected chi connectivity index (χ4v) is 5.47. The van der Waals surface area contributed by atoms with Crippen molar-refractivity contribution in [2.45, 2.75) is 76.4 Å². The summed E-state index contributed by atoms with van der Waals surface area (Å²) in [6.07, 6.45) is 5.72. The lowest BCUT2D eigenvalue weighted by Crippen LogP contribution is -2.30. The van der Waals surface area contributed by atoms with E-state index in [1.165, 1.54) is 12.8 Å². The Morgan fingerprint density at radius 1 is 0.880 bits per heavy atom. The molecule has 1 aromatic carbocycles. The van der Waals surface area contributed by atoms with Crippen molar-refractivity contribution in [1.82, 2.24) is 0 Å². The lowest BCUT2D eigenvalue weighted by atomic mass is 9.92. The average Bonchev–Trinajstić information content (AvgIpc) is 2.55. The first-order valence-electron chi connectivity index (χ1n) is 9.68. The van der Waals surface area contributed by atoms with Gasteiger partial charge in [-0.3, -0.25) is 0 Å². The molecule has 1 unspecified atom stereocenters. The maximum atomic E-state index is 13.1. The van der Waals surface area contributed by atoms with Gasteiger partial charge in [-0.2, -0.15) is 0 Å². The Kier molecular flexibility index (Phi) is 9.73. The van der Waals surface area contributed by atoms with Gasteiger partial charge in [0.15, 0.2) is 9.84 Å². The fourth-order valence-electron chi connectivity index (χ4n) is 3.39. The molecule has 1 N–H and O–H groups in total. The molecule has 0 bridgehead atoms. The molecule has 0 radical (unpaired) electrons. The van der Waals surface area contributed by atoms with Gasteiger partial charge in [0.25, 0.3) is 0 Å². The van der Waals surface area contributed by atoms with Crippen LogP contribution >= 0.6 is 0 Å². The number of rotatable bonds is 12. The van der Waals surface area contributed by atoms with Crippen molar-refractivity contribution in [3.8, 4) is 0 Å². The van der Waals surface area contributed by atoms with Crippen LogP contribution in [-0.2, 0) is 9.84 Å². The lowest BCUT2D eigenvalue weighted by Gasteiger charge is -2.25. The molecule has 1 rings (SSSR count). The van der Waals surface area contributed by atoms with E-state index in [-0.39, 0.29) is 12.5 Å². The molecule has 3 nitrogen and oxygen atoms in total. The number of aliphatic hydroxyl groups excluding tert-OH is 1. The van der Waals surface area contributed by atoms with Crippen molar-refractivity contribution in [1.29, 1.82) is 0 Å². The van der Waals surface area contributed by atoms with Crippen LogP contribution in [0.4, 0.5) is 0 Å². The zero-order valence-electron chi connectivity index (χ0n) is 16.3. The molecule has 0 heterocycles. The van der Waals surface area contributed by atoms with Crippen molar-refractivity contribution in [2.24, 2.45) is 17.8 Å². The highest BCUT2D eigenvalue weighted by Crippen LogP contribution is 2.29. The molecule has 0 aliphatic rings. The highest BCUT2D eigenvalue weighted by Gasteiger charge is 2.32. The molecule has 144 valence electrons. The van der Waals surface area contributed by atoms with Crippen LogP contribution in [0.2, 0.25) is 0 Å². The topological polar surface area (TPSA) is 54.4 Å². The molecule has 0 aliphatic heterocycles. The number of benzene rings is 1. The first-order chi connectivity index (χ1) is 11.8. The second-order valence-corrected chi connectivity index (χ2v) is 10.1. The normalized spacial score (nSPS) is 15.9. The molecule has 3 atom stereocenters. The van der Waals surface area contributed by atoms with Crippen LogP contribution in [0.1, 0.15) is 66.2 Å². The van der Waals surface area contributed by atoms with Crippen LogP contribution < -0.4 is 0 Å². The minimum Gasteiger partial charge on any atom is -0.396 e. The van der Waals surface area contributed by atoms with E-state index in [4.69, 9.17) is 0 Å². The molecular formula is C21H36O3S. The first-order valence-corrected chi connectivity index (χ1v) is 11.2. The highest BCUT2D eigenvalue weighted by atomic mass is 32.2. The Bertz CT molecular complexity index is 566. The van der Waals surface area contributed by atoms with E-state index >= 15 is 0 Å². The molecule has 4 heteroatoms. The average molecular weight is 369 g/mol. The second-order valence-electron chi connectivity index (χ2n) is 7.89. The van der Waals surface area contributed by atoms with Crippen molar-refractivity contribution < 1.29 is 13.5 Å². The Morgan fingerprint density at radius 3 is 2.08 bits per heavy atom. The molecular weight excluding hydrogens is 332 g/mol. The summed E-state index contributed by atoms with van der Waals surface area (Å²) in [6.45, 7) is 8.69. The lowest BCUT2D eigenvalue weighted by molar-refractivity contribution is 0.255. The van der Waals surface area contributed by atoms with Gasteiger partial charge in [0.05, 0.1) is 10.1 Å². The monoisotopic (exact) mass is 368 g/mol. The van der Waals surface area contributed by atoms with Gasteiger partial charge < -0.3 is 5.11 Å². The van der Waals surface area contributed by atoms with Gasteiger partial charge in [-0.1, -0.05) is 65.2 Å². The van der Waals surface area contributed by atoms with Gasteiger partial charge in [-0.05, 0) is 49.1 Å². The predicted octanol–water partition coefficient (Wildman–Crippen LogP) is 5.09. The van der Waals surface area contributed by atoms with Crippen molar-refractivity contribution in [2.75, 3.05) is 6.61 Å². The molecule has 0 amide bonds. The van der Waals surface area contributed by atoms with Crippen LogP contribution in [0.5, 0.6) is 0 Å². The van der Waals surface area contributed by atoms with Gasteiger partial charge in [-0.25, -0.2) is 8.42 Å². The van der Waals surface area contributed by atoms with Crippen LogP contribution in [0, 0.1) is 17.8 Å². The molecule has 0 fully saturated rings. The van der Waals surface area contributed by atoms with Gasteiger partial charge in [-0.15, -0.1) is 0 Å². The summed E-state index contributed by atoms with van der Waals surface area (Å²) in [5, 5.41) is 8.85. The third kappa shape index (κ3) is 7.49. The Balaban J connectivity index is 2.77. The first kappa shape index (κ1) is 22.2. The summed E-state index contributed by atoms with van der Waals surface area (Å²) in [7, 11) is -3.36. The Labute approximate surface area is 154 Å². The zero-order chi connectivity index (χ0) is 18.9. The van der Waals surface area contributed by atoms with Gasteiger partial charge in [0, 0.05) is 6.61 Å². The zero-order valence-corrected chi connectivity index (χ0v) is 17.1. The minimum atomic E-state index is -3.36. The van der Waals surface area contributed by atoms with Gasteiger partial charge in [0.1, 0.15) is 0 Å². The van der Waals surface area contributed by atoms with Crippen molar-refractivity contribution >= 4 is 9.84 Å². The van der Waals surface area contributed by atoms with E-state index in [1.54, 1.807) is 24.3 Å². The summed E-state index contributed by atoms with van der Waals surface area (Å²) < 4.78 is 26.2. The van der Waals surface area contributed by atoms with E-state index in [1.807, 2.05) is 13.0 Å². The quantitative estimate of drug-likeness (QED) is 0.559. The summed E-state index contributed by atoms with van der Waals surface area (Å²) in [5.41, 5.74) is 0. The number of hydrogen-bond donors (Lipinski definition) is 1. The van der Waals surface area contributed by atoms with E-state index < -0.39 is 15.1 Å². The van der Waals surface area contributed by atoms with Crippen molar-refractivity contribution in [3.05, 3.63) is 30.3 Å². The Hall–Kier alpha value is -0.870. The van der Waals surface area contributed by atoms with Crippen LogP contribution in [0.25, 0.3) is 0 Å². The molecule has 0 aliphatic carbocycles. The van der Waals surface area contributed by atoms with E-state index in [0.717, 1.165) is 18.8 Å². The van der Waals surface area contributed by atoms with Crippen LogP contribution in [0.3, 0.4) is 0 Å². The maximum absolute atomic E-state index is 13.1.